The molecule has 5 rings (SSSR count). The second kappa shape index (κ2) is 15.4. The molecule has 3 heterocycles. The number of nitrogens with two attached hydrogens (primary N) is 3. The van der Waals surface area contributed by atoms with Gasteiger partial charge in [0.15, 0.2) is 17.6 Å². The van der Waals surface area contributed by atoms with Crippen molar-refractivity contribution in [2.75, 3.05) is 13.1 Å². The van der Waals surface area contributed by atoms with E-state index in [2.05, 4.69) is 20.3 Å². The summed E-state index contributed by atoms with van der Waals surface area (Å²) in [5.74, 6) is -1.05. The Morgan fingerprint density at radius 3 is 2.60 bits per heavy atom. The summed E-state index contributed by atoms with van der Waals surface area (Å²) in [7, 11) is 0. The smallest absolute Gasteiger partial charge is 0.354 e. The van der Waals surface area contributed by atoms with Crippen molar-refractivity contribution in [2.24, 2.45) is 22.2 Å². The summed E-state index contributed by atoms with van der Waals surface area (Å²) in [5, 5.41) is 4.09. The Morgan fingerprint density at radius 1 is 1.12 bits per heavy atom. The molecule has 1 aliphatic heterocycles. The Morgan fingerprint density at radius 2 is 1.90 bits per heavy atom. The molecule has 2 atom stereocenters. The van der Waals surface area contributed by atoms with Crippen molar-refractivity contribution < 1.29 is 14.0 Å². The van der Waals surface area contributed by atoms with Crippen LogP contribution in [0, 0.1) is 5.82 Å². The fourth-order valence-corrected chi connectivity index (χ4v) is 5.79. The van der Waals surface area contributed by atoms with Crippen LogP contribution in [0.2, 0.25) is 5.02 Å². The van der Waals surface area contributed by atoms with Gasteiger partial charge in [-0.2, -0.15) is 4.98 Å². The van der Waals surface area contributed by atoms with Gasteiger partial charge in [-0.25, -0.2) is 9.18 Å². The van der Waals surface area contributed by atoms with Crippen molar-refractivity contribution in [3.05, 3.63) is 93.4 Å². The maximum Gasteiger partial charge on any atom is 0.354 e. The minimum atomic E-state index is -0.550. The van der Waals surface area contributed by atoms with Crippen molar-refractivity contribution in [2.45, 2.75) is 57.7 Å². The minimum absolute atomic E-state index is 0.0165. The first kappa shape index (κ1) is 34.5. The fraction of sp³-hybridized carbons (Fsp3) is 0.324. The lowest BCUT2D eigenvalue weighted by Crippen LogP contribution is -2.43. The third-order valence-electron chi connectivity index (χ3n) is 8.10. The zero-order valence-corrected chi connectivity index (χ0v) is 27.3. The van der Waals surface area contributed by atoms with Gasteiger partial charge in [0.1, 0.15) is 5.65 Å². The molecular weight excluding hydrogens is 637 g/mol. The SMILES string of the molecule is C[C@H](N)CCCc1cc(Cl)c(F)c(-c2cc3cn(-c4ccc(CN[C@H](CCN=C(N)N)CN5C=CC(=O)CC5=O)cc4)c(=O)nc3[nH]2)c1. The van der Waals surface area contributed by atoms with Crippen LogP contribution < -0.4 is 28.2 Å². The number of aromatic amines is 1. The van der Waals surface area contributed by atoms with Crippen molar-refractivity contribution in [3.63, 3.8) is 0 Å². The van der Waals surface area contributed by atoms with E-state index in [1.807, 2.05) is 31.2 Å². The number of H-pyrrole nitrogens is 1. The molecule has 0 aliphatic carbocycles. The number of allylic oxidation sites excluding steroid dienone is 1. The van der Waals surface area contributed by atoms with Crippen LogP contribution in [0.5, 0.6) is 0 Å². The number of rotatable bonds is 14. The van der Waals surface area contributed by atoms with Crippen molar-refractivity contribution in [1.82, 2.24) is 24.8 Å². The maximum atomic E-state index is 15.1. The van der Waals surface area contributed by atoms with Gasteiger partial charge in [-0.05, 0) is 80.1 Å². The second-order valence-corrected chi connectivity index (χ2v) is 12.4. The molecule has 8 N–H and O–H groups in total. The number of carbonyl (C=O) groups excluding carboxylic acids is 2. The van der Waals surface area contributed by atoms with Gasteiger partial charge < -0.3 is 32.4 Å². The molecule has 2 aromatic carbocycles. The lowest BCUT2D eigenvalue weighted by Gasteiger charge is -2.27. The van der Waals surface area contributed by atoms with Gasteiger partial charge in [-0.3, -0.25) is 19.1 Å². The number of benzene rings is 2. The molecule has 0 radical (unpaired) electrons. The summed E-state index contributed by atoms with van der Waals surface area (Å²) in [6, 6.07) is 12.4. The molecule has 252 valence electrons. The van der Waals surface area contributed by atoms with E-state index in [9.17, 15) is 14.4 Å². The molecule has 2 aromatic heterocycles. The molecule has 0 fully saturated rings. The minimum Gasteiger partial charge on any atom is -0.370 e. The Hall–Kier alpha value is -4.85. The van der Waals surface area contributed by atoms with Crippen LogP contribution in [0.4, 0.5) is 4.39 Å². The van der Waals surface area contributed by atoms with E-state index >= 15 is 4.39 Å². The summed E-state index contributed by atoms with van der Waals surface area (Å²) in [5.41, 5.74) is 19.9. The van der Waals surface area contributed by atoms with Crippen LogP contribution in [0.3, 0.4) is 0 Å². The normalized spacial score (nSPS) is 14.5. The topological polar surface area (TPSA) is 191 Å². The molecule has 0 spiro atoms. The van der Waals surface area contributed by atoms with E-state index in [4.69, 9.17) is 28.8 Å². The first-order valence-electron chi connectivity index (χ1n) is 15.7. The highest BCUT2D eigenvalue weighted by molar-refractivity contribution is 6.31. The number of hydrogen-bond acceptors (Lipinski definition) is 7. The van der Waals surface area contributed by atoms with Crippen LogP contribution in [0.25, 0.3) is 28.0 Å². The van der Waals surface area contributed by atoms with Gasteiger partial charge in [0.2, 0.25) is 5.91 Å². The Kier molecular flexibility index (Phi) is 11.0. The number of fused-ring (bicyclic) bond motifs is 1. The van der Waals surface area contributed by atoms with Crippen LogP contribution in [-0.2, 0) is 22.6 Å². The summed E-state index contributed by atoms with van der Waals surface area (Å²) in [4.78, 5) is 49.8. The number of guanidine groups is 1. The van der Waals surface area contributed by atoms with Gasteiger partial charge in [-0.15, -0.1) is 0 Å². The highest BCUT2D eigenvalue weighted by atomic mass is 35.5. The number of ketones is 1. The molecule has 1 aliphatic rings. The summed E-state index contributed by atoms with van der Waals surface area (Å²) < 4.78 is 16.6. The van der Waals surface area contributed by atoms with E-state index in [0.717, 1.165) is 24.0 Å². The van der Waals surface area contributed by atoms with E-state index in [1.165, 1.54) is 21.7 Å². The summed E-state index contributed by atoms with van der Waals surface area (Å²) >= 11 is 6.25. The van der Waals surface area contributed by atoms with Gasteiger partial charge >= 0.3 is 5.69 Å². The number of nitrogens with zero attached hydrogens (tertiary/aromatic N) is 4. The van der Waals surface area contributed by atoms with E-state index in [-0.39, 0.29) is 41.2 Å². The predicted octanol–water partition coefficient (Wildman–Crippen LogP) is 3.28. The number of aryl methyl sites for hydroxylation is 1. The number of carbonyl (C=O) groups is 2. The average Bonchev–Trinajstić information content (AvgIpc) is 3.44. The molecule has 14 heteroatoms. The molecular formula is C34H39ClFN9O3. The van der Waals surface area contributed by atoms with Crippen LogP contribution in [-0.4, -0.2) is 62.3 Å². The first-order chi connectivity index (χ1) is 23.0. The quantitative estimate of drug-likeness (QED) is 0.0764. The van der Waals surface area contributed by atoms with Crippen molar-refractivity contribution in [1.29, 1.82) is 0 Å². The van der Waals surface area contributed by atoms with Gasteiger partial charge in [0, 0.05) is 55.1 Å². The van der Waals surface area contributed by atoms with Crippen molar-refractivity contribution >= 4 is 40.3 Å². The Labute approximate surface area is 281 Å². The monoisotopic (exact) mass is 675 g/mol. The number of nitrogens with one attached hydrogen (secondary N) is 2. The fourth-order valence-electron chi connectivity index (χ4n) is 5.55. The number of hydrogen-bond donors (Lipinski definition) is 5. The molecule has 1 amide bonds. The van der Waals surface area contributed by atoms with Crippen molar-refractivity contribution in [3.8, 4) is 16.9 Å². The molecule has 48 heavy (non-hydrogen) atoms. The molecule has 0 saturated carbocycles. The van der Waals surface area contributed by atoms with E-state index < -0.39 is 11.5 Å². The lowest BCUT2D eigenvalue weighted by molar-refractivity contribution is -0.133. The Bertz CT molecular complexity index is 1910. The number of aliphatic imine (C=N–C) groups is 1. The number of aromatic nitrogens is 3. The summed E-state index contributed by atoms with van der Waals surface area (Å²) in [6.45, 7) is 3.12. The average molecular weight is 676 g/mol. The number of halogens is 2. The molecule has 0 saturated heterocycles. The zero-order valence-electron chi connectivity index (χ0n) is 26.6. The highest BCUT2D eigenvalue weighted by Gasteiger charge is 2.22. The third-order valence-corrected chi connectivity index (χ3v) is 8.37. The van der Waals surface area contributed by atoms with Gasteiger partial charge in [-0.1, -0.05) is 23.7 Å². The molecule has 12 nitrogen and oxygen atoms in total. The first-order valence-corrected chi connectivity index (χ1v) is 16.1. The van der Waals surface area contributed by atoms with E-state index in [1.54, 1.807) is 24.4 Å². The van der Waals surface area contributed by atoms with Gasteiger partial charge in [0.25, 0.3) is 0 Å². The van der Waals surface area contributed by atoms with E-state index in [0.29, 0.717) is 60.5 Å². The molecule has 0 unspecified atom stereocenters. The zero-order chi connectivity index (χ0) is 34.4. The molecule has 0 bridgehead atoms. The number of amides is 1. The Balaban J connectivity index is 1.31. The lowest BCUT2D eigenvalue weighted by atomic mass is 10.0. The standard InChI is InChI=1S/C34H39ClFN9O3/c1-20(37)3-2-4-22-13-27(31(36)28(35)14-22)29-15-23-18-45(34(48)43-32(23)42-29)25-7-5-21(6-8-25)17-41-24(9-11-40-33(38)39)19-44-12-10-26(46)16-30(44)47/h5-8,10,12-15,18,20,24,41H,2-4,9,11,16-17,19,37H2,1H3,(H4,38,39,40)(H,42,43,48)/t20-,24+/m0/s1. The maximum absolute atomic E-state index is 15.1. The largest absolute Gasteiger partial charge is 0.370 e. The summed E-state index contributed by atoms with van der Waals surface area (Å²) in [6.07, 6.45) is 7.36. The van der Waals surface area contributed by atoms with Crippen LogP contribution >= 0.6 is 11.6 Å². The van der Waals surface area contributed by atoms with Gasteiger partial charge in [0.05, 0.1) is 22.8 Å². The molecule has 4 aromatic rings. The third kappa shape index (κ3) is 8.73. The highest BCUT2D eigenvalue weighted by Crippen LogP contribution is 2.31. The van der Waals surface area contributed by atoms with Crippen LogP contribution in [0.1, 0.15) is 43.7 Å². The van der Waals surface area contributed by atoms with Crippen LogP contribution in [0.15, 0.2) is 70.7 Å². The predicted molar refractivity (Wildman–Crippen MR) is 185 cm³/mol. The second-order valence-electron chi connectivity index (χ2n) is 12.0.